The quantitative estimate of drug-likeness (QED) is 0.137. The molecule has 11 aromatic carbocycles. The van der Waals surface area contributed by atoms with Gasteiger partial charge in [-0.05, 0) is 96.9 Å². The summed E-state index contributed by atoms with van der Waals surface area (Å²) in [6.45, 7) is 0. The van der Waals surface area contributed by atoms with Gasteiger partial charge < -0.3 is 0 Å². The van der Waals surface area contributed by atoms with Crippen molar-refractivity contribution in [3.05, 3.63) is 291 Å². The normalized spacial score (nSPS) is 11.3. The molecule has 78 heavy (non-hydrogen) atoms. The molecule has 4 heteroatoms. The van der Waals surface area contributed by atoms with Crippen molar-refractivity contribution in [1.29, 1.82) is 0 Å². The first-order valence-corrected chi connectivity index (χ1v) is 26.4. The van der Waals surface area contributed by atoms with Gasteiger partial charge in [0.05, 0.1) is 34.0 Å². The smallest absolute Gasteiger partial charge is 0.160 e. The Morgan fingerprint density at radius 1 is 0.192 bits per heavy atom. The summed E-state index contributed by atoms with van der Waals surface area (Å²) in [5.74, 6) is 0.637. The Bertz CT molecular complexity index is 4380. The molecule has 0 N–H and O–H groups in total. The molecule has 0 aliphatic heterocycles. The summed E-state index contributed by atoms with van der Waals surface area (Å²) in [5, 5.41) is 5.67. The molecule has 14 aromatic rings. The van der Waals surface area contributed by atoms with Crippen molar-refractivity contribution < 1.29 is 0 Å². The van der Waals surface area contributed by atoms with Gasteiger partial charge in [-0.1, -0.05) is 255 Å². The third kappa shape index (κ3) is 8.87. The molecule has 0 bridgehead atoms. The van der Waals surface area contributed by atoms with Gasteiger partial charge in [0, 0.05) is 44.3 Å². The van der Waals surface area contributed by atoms with Gasteiger partial charge in [-0.3, -0.25) is 0 Å². The van der Waals surface area contributed by atoms with Crippen LogP contribution in [0.4, 0.5) is 0 Å². The predicted molar refractivity (Wildman–Crippen MR) is 325 cm³/mol. The zero-order valence-electron chi connectivity index (χ0n) is 42.5. The predicted octanol–water partition coefficient (Wildman–Crippen LogP) is 19.4. The molecule has 364 valence electrons. The van der Waals surface area contributed by atoms with E-state index in [0.29, 0.717) is 5.82 Å². The highest BCUT2D eigenvalue weighted by molar-refractivity contribution is 6.11. The van der Waals surface area contributed by atoms with Gasteiger partial charge in [-0.25, -0.2) is 19.9 Å². The van der Waals surface area contributed by atoms with Crippen molar-refractivity contribution in [2.24, 2.45) is 0 Å². The van der Waals surface area contributed by atoms with E-state index >= 15 is 0 Å². The number of hydrogen-bond donors (Lipinski definition) is 0. The van der Waals surface area contributed by atoms with Gasteiger partial charge in [0.1, 0.15) is 0 Å². The van der Waals surface area contributed by atoms with E-state index < -0.39 is 0 Å². The number of fused-ring (bicyclic) bond motifs is 3. The van der Waals surface area contributed by atoms with Crippen molar-refractivity contribution in [2.75, 3.05) is 0 Å². The number of benzene rings is 11. The van der Waals surface area contributed by atoms with Gasteiger partial charge >= 0.3 is 0 Å². The third-order valence-electron chi connectivity index (χ3n) is 14.9. The van der Waals surface area contributed by atoms with E-state index in [1.165, 1.54) is 16.2 Å². The topological polar surface area (TPSA) is 51.6 Å². The summed E-state index contributed by atoms with van der Waals surface area (Å²) < 4.78 is 0. The van der Waals surface area contributed by atoms with E-state index in [9.17, 15) is 0 Å². The Morgan fingerprint density at radius 3 is 1.10 bits per heavy atom. The zero-order chi connectivity index (χ0) is 51.8. The molecule has 3 aromatic heterocycles. The van der Waals surface area contributed by atoms with Gasteiger partial charge in [-0.15, -0.1) is 0 Å². The van der Waals surface area contributed by atoms with Crippen LogP contribution in [0, 0.1) is 0 Å². The monoisotopic (exact) mass is 992 g/mol. The number of pyridine rings is 2. The van der Waals surface area contributed by atoms with Crippen LogP contribution in [0.15, 0.2) is 291 Å². The standard InChI is InChI=1S/C74H48N4/c1-5-19-49(20-6-1)59-45-68(53-23-7-2-8-24-53)76-71(46-59)56-37-41-58(42-38-56)74-77-72(57-39-35-50(36-40-57)60-47-69(54-25-9-3-10-26-54)75-70(48-60)55-27-11-4-12-28-55)67-44-61(64-33-17-29-51-21-13-15-31-62(51)64)43-66(73(67)78-74)65-34-18-30-52-22-14-16-32-63(52)65/h1-48H. The second-order valence-corrected chi connectivity index (χ2v) is 19.7. The molecule has 0 unspecified atom stereocenters. The molecule has 4 nitrogen and oxygen atoms in total. The van der Waals surface area contributed by atoms with Gasteiger partial charge in [0.25, 0.3) is 0 Å². The second kappa shape index (κ2) is 20.0. The molecular weight excluding hydrogens is 945 g/mol. The van der Waals surface area contributed by atoms with Crippen LogP contribution in [0.3, 0.4) is 0 Å². The number of hydrogen-bond acceptors (Lipinski definition) is 4. The largest absolute Gasteiger partial charge is 0.248 e. The Hall–Kier alpha value is -10.4. The van der Waals surface area contributed by atoms with Crippen LogP contribution in [0.5, 0.6) is 0 Å². The molecule has 0 aliphatic carbocycles. The van der Waals surface area contributed by atoms with Crippen molar-refractivity contribution in [2.45, 2.75) is 0 Å². The Morgan fingerprint density at radius 2 is 0.577 bits per heavy atom. The maximum absolute atomic E-state index is 5.63. The maximum Gasteiger partial charge on any atom is 0.160 e. The van der Waals surface area contributed by atoms with Crippen molar-refractivity contribution in [3.63, 3.8) is 0 Å². The summed E-state index contributed by atoms with van der Waals surface area (Å²) in [6.07, 6.45) is 0. The Labute approximate surface area is 453 Å². The van der Waals surface area contributed by atoms with Crippen molar-refractivity contribution in [1.82, 2.24) is 19.9 Å². The van der Waals surface area contributed by atoms with Crippen LogP contribution < -0.4 is 0 Å². The average molecular weight is 993 g/mol. The summed E-state index contributed by atoms with van der Waals surface area (Å²) in [5.41, 5.74) is 20.3. The van der Waals surface area contributed by atoms with E-state index in [1.807, 2.05) is 18.2 Å². The summed E-state index contributed by atoms with van der Waals surface area (Å²) >= 11 is 0. The fourth-order valence-electron chi connectivity index (χ4n) is 10.9. The van der Waals surface area contributed by atoms with Crippen LogP contribution in [0.25, 0.3) is 145 Å². The first kappa shape index (κ1) is 46.1. The van der Waals surface area contributed by atoms with Crippen LogP contribution in [-0.2, 0) is 0 Å². The van der Waals surface area contributed by atoms with Gasteiger partial charge in [-0.2, -0.15) is 0 Å². The lowest BCUT2D eigenvalue weighted by molar-refractivity contribution is 1.23. The van der Waals surface area contributed by atoms with E-state index in [4.69, 9.17) is 19.9 Å². The molecule has 0 aliphatic rings. The minimum absolute atomic E-state index is 0.637. The summed E-state index contributed by atoms with van der Waals surface area (Å²) in [7, 11) is 0. The van der Waals surface area contributed by atoms with E-state index in [2.05, 4.69) is 273 Å². The minimum Gasteiger partial charge on any atom is -0.248 e. The SMILES string of the molecule is c1ccc(-c2cc(-c3ccccc3)nc(-c3ccc(-c4nc(-c5ccc(-c6cc(-c7ccccc7)nc(-c7ccccc7)c6)cc5)c5cc(-c6cccc7ccccc67)cc(-c6cccc7ccccc67)c5n4)cc3)c2)cc1. The highest BCUT2D eigenvalue weighted by Crippen LogP contribution is 2.43. The molecule has 0 fully saturated rings. The fraction of sp³-hybridized carbons (Fsp3) is 0. The van der Waals surface area contributed by atoms with E-state index in [1.54, 1.807) is 0 Å². The number of nitrogens with zero attached hydrogens (tertiary/aromatic N) is 4. The molecule has 0 radical (unpaired) electrons. The minimum atomic E-state index is 0.637. The van der Waals surface area contributed by atoms with Crippen molar-refractivity contribution in [3.8, 4) is 112 Å². The molecule has 14 rings (SSSR count). The fourth-order valence-corrected chi connectivity index (χ4v) is 10.9. The molecule has 0 atom stereocenters. The van der Waals surface area contributed by atoms with Gasteiger partial charge in [0.2, 0.25) is 0 Å². The zero-order valence-corrected chi connectivity index (χ0v) is 42.5. The van der Waals surface area contributed by atoms with Gasteiger partial charge in [0.15, 0.2) is 5.82 Å². The Kier molecular flexibility index (Phi) is 11.8. The molecule has 0 spiro atoms. The number of rotatable bonds is 10. The lowest BCUT2D eigenvalue weighted by atomic mass is 9.89. The maximum atomic E-state index is 5.63. The molecular formula is C74H48N4. The average Bonchev–Trinajstić information content (AvgIpc) is 3.59. The Balaban J connectivity index is 0.967. The summed E-state index contributed by atoms with van der Waals surface area (Å²) in [4.78, 5) is 21.7. The van der Waals surface area contributed by atoms with E-state index in [0.717, 1.165) is 123 Å². The van der Waals surface area contributed by atoms with Crippen LogP contribution >= 0.6 is 0 Å². The van der Waals surface area contributed by atoms with E-state index in [-0.39, 0.29) is 0 Å². The highest BCUT2D eigenvalue weighted by Gasteiger charge is 2.21. The summed E-state index contributed by atoms with van der Waals surface area (Å²) in [6, 6.07) is 103. The van der Waals surface area contributed by atoms with Crippen LogP contribution in [0.2, 0.25) is 0 Å². The molecule has 0 saturated heterocycles. The molecule has 0 amide bonds. The first-order chi connectivity index (χ1) is 38.6. The first-order valence-electron chi connectivity index (χ1n) is 26.4. The van der Waals surface area contributed by atoms with Crippen LogP contribution in [0.1, 0.15) is 0 Å². The second-order valence-electron chi connectivity index (χ2n) is 19.7. The van der Waals surface area contributed by atoms with Crippen molar-refractivity contribution >= 4 is 32.4 Å². The highest BCUT2D eigenvalue weighted by atomic mass is 14.9. The lowest BCUT2D eigenvalue weighted by Crippen LogP contribution is -1.99. The van der Waals surface area contributed by atoms with Crippen LogP contribution in [-0.4, -0.2) is 19.9 Å². The third-order valence-corrected chi connectivity index (χ3v) is 14.9. The molecule has 0 saturated carbocycles. The molecule has 3 heterocycles. The number of aromatic nitrogens is 4. The lowest BCUT2D eigenvalue weighted by Gasteiger charge is -2.17.